The maximum Gasteiger partial charge on any atom is 0.387 e. The Hall–Kier alpha value is -4.26. The van der Waals surface area contributed by atoms with Gasteiger partial charge in [0, 0.05) is 31.1 Å². The molecule has 37 heavy (non-hydrogen) atoms. The third kappa shape index (κ3) is 4.10. The molecule has 1 aliphatic heterocycles. The van der Waals surface area contributed by atoms with Crippen molar-refractivity contribution in [2.24, 2.45) is 0 Å². The lowest BCUT2D eigenvalue weighted by molar-refractivity contribution is -0.0490. The molecule has 6 heterocycles. The van der Waals surface area contributed by atoms with Crippen LogP contribution < -0.4 is 4.74 Å². The summed E-state index contributed by atoms with van der Waals surface area (Å²) in [7, 11) is 1.96. The Morgan fingerprint density at radius 2 is 2.16 bits per heavy atom. The Labute approximate surface area is 207 Å². The molecule has 5 aromatic heterocycles. The van der Waals surface area contributed by atoms with E-state index >= 15 is 0 Å². The highest BCUT2D eigenvalue weighted by atomic mass is 31.0. The lowest BCUT2D eigenvalue weighted by Gasteiger charge is -2.32. The maximum atomic E-state index is 13.5. The monoisotopic (exact) mass is 531 g/mol. The maximum absolute atomic E-state index is 13.5. The number of alkyl halides is 3. The van der Waals surface area contributed by atoms with Crippen LogP contribution in [0.1, 0.15) is 39.8 Å². The molecule has 190 valence electrons. The van der Waals surface area contributed by atoms with E-state index in [2.05, 4.69) is 35.1 Å². The zero-order chi connectivity index (χ0) is 25.7. The normalized spacial score (nSPS) is 16.4. The van der Waals surface area contributed by atoms with Crippen molar-refractivity contribution in [1.82, 2.24) is 44.5 Å². The average Bonchev–Trinajstić information content (AvgIpc) is 3.67. The second kappa shape index (κ2) is 9.00. The molecule has 5 aromatic rings. The first kappa shape index (κ1) is 23.2. The van der Waals surface area contributed by atoms with E-state index in [1.807, 2.05) is 9.24 Å². The molecule has 0 radical (unpaired) electrons. The summed E-state index contributed by atoms with van der Waals surface area (Å²) in [5.74, 6) is -0.939. The van der Waals surface area contributed by atoms with E-state index in [9.17, 15) is 18.0 Å². The molecular formula is C21H17F3N9O3P. The summed E-state index contributed by atoms with van der Waals surface area (Å²) in [6.45, 7) is -2.75. The molecule has 3 atom stereocenters. The number of H-pyrrole nitrogens is 1. The zero-order valence-electron chi connectivity index (χ0n) is 18.7. The summed E-state index contributed by atoms with van der Waals surface area (Å²) < 4.78 is 52.0. The summed E-state index contributed by atoms with van der Waals surface area (Å²) in [6, 6.07) is 2.28. The standard InChI is InChI=1S/C21H17F3N9O3P/c22-20(23)35-14-2-1-4-32-13(14)6-12(30-32)16-15-11(25-9-26-15)3-5-31(16)19(34)18-29-28-17(36-18)10-7-27-33(8-10)21(24)37/h1-2,4,6-9,16,20-21H,3,5,37H2,(H,25,26)/t16-,21?/m1/s1. The van der Waals surface area contributed by atoms with Gasteiger partial charge in [0.25, 0.3) is 5.89 Å². The number of aromatic nitrogens is 8. The number of imidazole rings is 1. The first-order chi connectivity index (χ1) is 17.9. The Morgan fingerprint density at radius 1 is 1.30 bits per heavy atom. The molecule has 0 saturated heterocycles. The van der Waals surface area contributed by atoms with E-state index in [0.717, 1.165) is 10.4 Å². The first-order valence-corrected chi connectivity index (χ1v) is 11.6. The van der Waals surface area contributed by atoms with E-state index in [1.165, 1.54) is 40.3 Å². The van der Waals surface area contributed by atoms with Crippen molar-refractivity contribution in [3.63, 3.8) is 0 Å². The lowest BCUT2D eigenvalue weighted by Crippen LogP contribution is -2.41. The summed E-state index contributed by atoms with van der Waals surface area (Å²) in [6.07, 6.45) is 6.28. The third-order valence-corrected chi connectivity index (χ3v) is 6.18. The van der Waals surface area contributed by atoms with E-state index in [1.54, 1.807) is 12.3 Å². The van der Waals surface area contributed by atoms with Crippen LogP contribution >= 0.6 is 9.24 Å². The van der Waals surface area contributed by atoms with Gasteiger partial charge < -0.3 is 19.0 Å². The van der Waals surface area contributed by atoms with Crippen molar-refractivity contribution >= 4 is 20.7 Å². The van der Waals surface area contributed by atoms with Gasteiger partial charge in [-0.2, -0.15) is 19.0 Å². The van der Waals surface area contributed by atoms with Crippen molar-refractivity contribution in [3.8, 4) is 17.2 Å². The predicted molar refractivity (Wildman–Crippen MR) is 122 cm³/mol. The number of hydrogen-bond acceptors (Lipinski definition) is 8. The molecule has 0 spiro atoms. The van der Waals surface area contributed by atoms with Gasteiger partial charge in [-0.25, -0.2) is 18.6 Å². The van der Waals surface area contributed by atoms with Crippen molar-refractivity contribution in [2.75, 3.05) is 6.54 Å². The Kier molecular flexibility index (Phi) is 5.63. The summed E-state index contributed by atoms with van der Waals surface area (Å²) in [4.78, 5) is 22.5. The molecular weight excluding hydrogens is 514 g/mol. The lowest BCUT2D eigenvalue weighted by atomic mass is 9.99. The van der Waals surface area contributed by atoms with Gasteiger partial charge in [-0.3, -0.25) is 4.79 Å². The van der Waals surface area contributed by atoms with E-state index < -0.39 is 24.6 Å². The SMILES string of the molecule is O=C(c1nnc(-c2cnn(C(F)P)c2)o1)N1CCc2[nH]cnc2[C@H]1c1cc2c(OC(F)F)cccn2n1. The minimum Gasteiger partial charge on any atom is -0.433 e. The van der Waals surface area contributed by atoms with Crippen LogP contribution in [-0.4, -0.2) is 63.5 Å². The summed E-state index contributed by atoms with van der Waals surface area (Å²) in [5, 5.41) is 16.2. The Morgan fingerprint density at radius 3 is 2.95 bits per heavy atom. The first-order valence-electron chi connectivity index (χ1n) is 10.9. The summed E-state index contributed by atoms with van der Waals surface area (Å²) >= 11 is 0. The predicted octanol–water partition coefficient (Wildman–Crippen LogP) is 2.99. The van der Waals surface area contributed by atoms with Crippen molar-refractivity contribution in [1.29, 1.82) is 0 Å². The molecule has 2 unspecified atom stereocenters. The van der Waals surface area contributed by atoms with Crippen molar-refractivity contribution in [3.05, 3.63) is 66.1 Å². The molecule has 0 aromatic carbocycles. The van der Waals surface area contributed by atoms with Gasteiger partial charge in [-0.1, -0.05) is 9.24 Å². The second-order valence-corrected chi connectivity index (χ2v) is 8.61. The van der Waals surface area contributed by atoms with Crippen LogP contribution in [0.3, 0.4) is 0 Å². The van der Waals surface area contributed by atoms with E-state index in [4.69, 9.17) is 4.42 Å². The quantitative estimate of drug-likeness (QED) is 0.331. The molecule has 12 nitrogen and oxygen atoms in total. The number of fused-ring (bicyclic) bond motifs is 2. The van der Waals surface area contributed by atoms with Gasteiger partial charge in [0.1, 0.15) is 11.6 Å². The molecule has 0 bridgehead atoms. The highest BCUT2D eigenvalue weighted by molar-refractivity contribution is 7.16. The van der Waals surface area contributed by atoms with E-state index in [-0.39, 0.29) is 24.1 Å². The number of amides is 1. The molecule has 0 saturated carbocycles. The highest BCUT2D eigenvalue weighted by Gasteiger charge is 2.38. The van der Waals surface area contributed by atoms with Crippen LogP contribution in [0.5, 0.6) is 5.75 Å². The van der Waals surface area contributed by atoms with Gasteiger partial charge >= 0.3 is 18.4 Å². The topological polar surface area (TPSA) is 132 Å². The number of halogens is 3. The third-order valence-electron chi connectivity index (χ3n) is 5.87. The number of aromatic amines is 1. The molecule has 0 fully saturated rings. The largest absolute Gasteiger partial charge is 0.433 e. The van der Waals surface area contributed by atoms with Gasteiger partial charge in [0.05, 0.1) is 29.5 Å². The molecule has 6 rings (SSSR count). The minimum atomic E-state index is -3.01. The van der Waals surface area contributed by atoms with Crippen LogP contribution in [0.4, 0.5) is 13.2 Å². The van der Waals surface area contributed by atoms with Crippen LogP contribution in [0.25, 0.3) is 17.0 Å². The average molecular weight is 531 g/mol. The fraction of sp³-hybridized carbons (Fsp3) is 0.238. The number of nitrogens with one attached hydrogen (secondary N) is 1. The number of carbonyl (C=O) groups is 1. The molecule has 1 aliphatic rings. The van der Waals surface area contributed by atoms with Gasteiger partial charge in [0.2, 0.25) is 6.04 Å². The molecule has 0 aliphatic carbocycles. The number of carbonyl (C=O) groups excluding carboxylic acids is 1. The van der Waals surface area contributed by atoms with Gasteiger partial charge in [-0.05, 0) is 18.2 Å². The smallest absolute Gasteiger partial charge is 0.387 e. The highest BCUT2D eigenvalue weighted by Crippen LogP contribution is 2.36. The fourth-order valence-corrected chi connectivity index (χ4v) is 4.43. The Balaban J connectivity index is 1.37. The number of nitrogens with zero attached hydrogens (tertiary/aromatic N) is 8. The summed E-state index contributed by atoms with van der Waals surface area (Å²) in [5.41, 5.74) is 2.38. The fourth-order valence-electron chi connectivity index (χ4n) is 4.27. The van der Waals surface area contributed by atoms with Crippen LogP contribution in [0.15, 0.2) is 47.5 Å². The number of hydrogen-bond donors (Lipinski definition) is 1. The van der Waals surface area contributed by atoms with Gasteiger partial charge in [-0.15, -0.1) is 10.2 Å². The van der Waals surface area contributed by atoms with Crippen LogP contribution in [-0.2, 0) is 6.42 Å². The number of pyridine rings is 1. The van der Waals surface area contributed by atoms with Crippen molar-refractivity contribution < 1.29 is 27.1 Å². The van der Waals surface area contributed by atoms with E-state index in [0.29, 0.717) is 28.9 Å². The molecule has 1 N–H and O–H groups in total. The van der Waals surface area contributed by atoms with Crippen molar-refractivity contribution in [2.45, 2.75) is 25.1 Å². The van der Waals surface area contributed by atoms with Crippen LogP contribution in [0.2, 0.25) is 0 Å². The Bertz CT molecular complexity index is 1590. The zero-order valence-corrected chi connectivity index (χ0v) is 19.9. The van der Waals surface area contributed by atoms with Crippen LogP contribution in [0, 0.1) is 0 Å². The molecule has 1 amide bonds. The molecule has 16 heteroatoms. The number of rotatable bonds is 6. The minimum absolute atomic E-state index is 0.00390. The van der Waals surface area contributed by atoms with Gasteiger partial charge in [0.15, 0.2) is 5.75 Å². The second-order valence-electron chi connectivity index (χ2n) is 8.06. The number of ether oxygens (including phenoxy) is 1.